The molecule has 0 aliphatic carbocycles. The molecule has 1 atom stereocenters. The molecule has 2 aromatic carbocycles. The normalized spacial score (nSPS) is 18.1. The summed E-state index contributed by atoms with van der Waals surface area (Å²) in [4.78, 5) is 22.6. The van der Waals surface area contributed by atoms with Crippen LogP contribution < -0.4 is 5.06 Å². The van der Waals surface area contributed by atoms with Gasteiger partial charge in [-0.25, -0.2) is 0 Å². The second kappa shape index (κ2) is 11.8. The van der Waals surface area contributed by atoms with Crippen molar-refractivity contribution in [3.63, 3.8) is 0 Å². The highest BCUT2D eigenvalue weighted by Crippen LogP contribution is 2.39. The fraction of sp³-hybridized carbons (Fsp3) is 0.562. The van der Waals surface area contributed by atoms with Crippen molar-refractivity contribution in [2.75, 3.05) is 24.7 Å². The van der Waals surface area contributed by atoms with Crippen LogP contribution in [-0.4, -0.2) is 61.8 Å². The molecular weight excluding hydrogens is 524 g/mol. The summed E-state index contributed by atoms with van der Waals surface area (Å²) < 4.78 is 18.7. The van der Waals surface area contributed by atoms with E-state index < -0.39 is 31.6 Å². The zero-order chi connectivity index (χ0) is 30.0. The highest BCUT2D eigenvalue weighted by Gasteiger charge is 2.51. The summed E-state index contributed by atoms with van der Waals surface area (Å²) in [6.45, 7) is 17.8. The number of esters is 1. The van der Waals surface area contributed by atoms with E-state index >= 15 is 0 Å². The Morgan fingerprint density at radius 3 is 2.00 bits per heavy atom. The lowest BCUT2D eigenvalue weighted by atomic mass is 9.95. The van der Waals surface area contributed by atoms with Crippen LogP contribution in [0.25, 0.3) is 0 Å². The molecule has 1 fully saturated rings. The molecule has 1 N–H and O–H groups in total. The van der Waals surface area contributed by atoms with Crippen LogP contribution in [0, 0.1) is 5.41 Å². The molecule has 1 aliphatic heterocycles. The van der Waals surface area contributed by atoms with E-state index in [0.717, 1.165) is 12.2 Å². The molecule has 1 heterocycles. The number of rotatable bonds is 9. The number of benzene rings is 2. The van der Waals surface area contributed by atoms with E-state index in [2.05, 4.69) is 43.7 Å². The molecule has 7 nitrogen and oxygen atoms in total. The predicted molar refractivity (Wildman–Crippen MR) is 164 cm³/mol. The number of nitrogens with zero attached hydrogens (tertiary/aromatic N) is 2. The molecule has 3 rings (SSSR count). The summed E-state index contributed by atoms with van der Waals surface area (Å²) in [5.41, 5.74) is 1.58. The van der Waals surface area contributed by atoms with Crippen LogP contribution in [0.15, 0.2) is 59.5 Å². The molecule has 8 heteroatoms. The first-order valence-electron chi connectivity index (χ1n) is 14.0. The van der Waals surface area contributed by atoms with Crippen molar-refractivity contribution >= 4 is 27.0 Å². The number of hydrogen-bond acceptors (Lipinski definition) is 7. The zero-order valence-corrected chi connectivity index (χ0v) is 26.3. The Balaban J connectivity index is 1.93. The van der Waals surface area contributed by atoms with Gasteiger partial charge in [-0.3, -0.25) is 23.8 Å². The van der Waals surface area contributed by atoms with E-state index in [-0.39, 0.29) is 5.41 Å². The summed E-state index contributed by atoms with van der Waals surface area (Å²) in [6.07, 6.45) is 0.615. The van der Waals surface area contributed by atoms with Gasteiger partial charge in [-0.2, -0.15) is 0 Å². The van der Waals surface area contributed by atoms with Crippen LogP contribution in [-0.2, 0) is 30.4 Å². The summed E-state index contributed by atoms with van der Waals surface area (Å²) in [5, 5.41) is 12.2. The van der Waals surface area contributed by atoms with Gasteiger partial charge in [0.15, 0.2) is 0 Å². The minimum absolute atomic E-state index is 0.0254. The number of piperidine rings is 1. The lowest BCUT2D eigenvalue weighted by Crippen LogP contribution is -2.56. The number of hydroxylamine groups is 1. The molecule has 0 aromatic heterocycles. The predicted octanol–water partition coefficient (Wildman–Crippen LogP) is 5.65. The zero-order valence-electron chi connectivity index (χ0n) is 25.5. The number of hydrogen-bond donors (Lipinski definition) is 1. The SMILES string of the molecule is C=S(=O)(c1ccc(N(CC(C)(C)C)OC(C)(C)C)cc1)C1(C(=O)OC(C)(C)O)CCN(Cc2ccccc2)CC1. The maximum absolute atomic E-state index is 14.6. The molecule has 40 heavy (non-hydrogen) atoms. The van der Waals surface area contributed by atoms with Gasteiger partial charge in [0.05, 0.1) is 17.8 Å². The second-order valence-electron chi connectivity index (χ2n) is 13.6. The van der Waals surface area contributed by atoms with Gasteiger partial charge in [0.2, 0.25) is 5.79 Å². The third-order valence-electron chi connectivity index (χ3n) is 6.77. The molecule has 222 valence electrons. The Kier molecular flexibility index (Phi) is 9.51. The van der Waals surface area contributed by atoms with Gasteiger partial charge in [-0.15, -0.1) is 0 Å². The standard InChI is InChI=1S/C32H48N2O5S/c1-29(2,3)24-34(39-30(4,5)6)26-15-17-27(18-16-26)40(9,37)32(28(35)38-31(7,8)36)19-21-33(22-20-32)23-25-13-11-10-12-14-25/h10-18,36H,9,19-24H2,1-8H3. The number of anilines is 1. The Hall–Kier alpha value is -2.39. The van der Waals surface area contributed by atoms with Crippen LogP contribution in [0.4, 0.5) is 5.69 Å². The van der Waals surface area contributed by atoms with Crippen molar-refractivity contribution in [1.82, 2.24) is 4.90 Å². The molecule has 1 saturated heterocycles. The average molecular weight is 573 g/mol. The van der Waals surface area contributed by atoms with Crippen molar-refractivity contribution < 1.29 is 23.7 Å². The smallest absolute Gasteiger partial charge is 0.327 e. The van der Waals surface area contributed by atoms with Gasteiger partial charge in [0, 0.05) is 47.9 Å². The Morgan fingerprint density at radius 2 is 1.52 bits per heavy atom. The van der Waals surface area contributed by atoms with Crippen molar-refractivity contribution in [2.45, 2.75) is 95.8 Å². The van der Waals surface area contributed by atoms with Crippen LogP contribution in [0.3, 0.4) is 0 Å². The van der Waals surface area contributed by atoms with E-state index in [4.69, 9.17) is 9.57 Å². The number of aliphatic hydroxyl groups is 1. The van der Waals surface area contributed by atoms with Gasteiger partial charge in [0.25, 0.3) is 0 Å². The monoisotopic (exact) mass is 572 g/mol. The molecule has 0 saturated carbocycles. The molecule has 0 amide bonds. The van der Waals surface area contributed by atoms with E-state index in [1.165, 1.54) is 19.4 Å². The van der Waals surface area contributed by atoms with Gasteiger partial charge in [-0.1, -0.05) is 51.1 Å². The topological polar surface area (TPSA) is 79.3 Å². The maximum atomic E-state index is 14.6. The van der Waals surface area contributed by atoms with Crippen LogP contribution >= 0.6 is 0 Å². The van der Waals surface area contributed by atoms with Crippen LogP contribution in [0.2, 0.25) is 0 Å². The second-order valence-corrected chi connectivity index (χ2v) is 16.2. The van der Waals surface area contributed by atoms with Crippen LogP contribution in [0.1, 0.15) is 73.8 Å². The fourth-order valence-electron chi connectivity index (χ4n) is 4.90. The van der Waals surface area contributed by atoms with Crippen molar-refractivity contribution in [1.29, 1.82) is 0 Å². The summed E-state index contributed by atoms with van der Waals surface area (Å²) in [5.74, 6) is 1.81. The molecule has 2 aromatic rings. The van der Waals surface area contributed by atoms with E-state index in [0.29, 0.717) is 37.4 Å². The summed E-state index contributed by atoms with van der Waals surface area (Å²) >= 11 is 0. The van der Waals surface area contributed by atoms with Crippen molar-refractivity contribution in [3.05, 3.63) is 60.2 Å². The lowest BCUT2D eigenvalue weighted by molar-refractivity contribution is -0.198. The summed E-state index contributed by atoms with van der Waals surface area (Å²) in [6, 6.07) is 17.4. The number of ether oxygens (including phenoxy) is 1. The minimum Gasteiger partial charge on any atom is -0.433 e. The van der Waals surface area contributed by atoms with Gasteiger partial charge in [0.1, 0.15) is 4.75 Å². The largest absolute Gasteiger partial charge is 0.433 e. The van der Waals surface area contributed by atoms with Crippen molar-refractivity contribution in [3.8, 4) is 0 Å². The van der Waals surface area contributed by atoms with Crippen LogP contribution in [0.5, 0.6) is 0 Å². The first-order chi connectivity index (χ1) is 18.3. The highest BCUT2D eigenvalue weighted by atomic mass is 32.2. The van der Waals surface area contributed by atoms with E-state index in [1.807, 2.05) is 56.2 Å². The van der Waals surface area contributed by atoms with E-state index in [1.54, 1.807) is 12.1 Å². The maximum Gasteiger partial charge on any atom is 0.327 e. The molecule has 0 radical (unpaired) electrons. The van der Waals surface area contributed by atoms with Gasteiger partial charge in [-0.05, 0) is 74.7 Å². The third-order valence-corrected chi connectivity index (χ3v) is 9.64. The molecule has 1 unspecified atom stereocenters. The Labute approximate surface area is 241 Å². The Bertz CT molecular complexity index is 1210. The first-order valence-corrected chi connectivity index (χ1v) is 15.7. The molecule has 0 spiro atoms. The third kappa shape index (κ3) is 8.32. The highest BCUT2D eigenvalue weighted by molar-refractivity contribution is 8.02. The Morgan fingerprint density at radius 1 is 0.975 bits per heavy atom. The molecule has 0 bridgehead atoms. The first kappa shape index (κ1) is 32.1. The number of carbonyl (C=O) groups is 1. The van der Waals surface area contributed by atoms with Gasteiger partial charge >= 0.3 is 5.97 Å². The average Bonchev–Trinajstić information content (AvgIpc) is 2.82. The van der Waals surface area contributed by atoms with E-state index in [9.17, 15) is 14.1 Å². The van der Waals surface area contributed by atoms with Crippen molar-refractivity contribution in [2.24, 2.45) is 5.41 Å². The number of carbonyl (C=O) groups excluding carboxylic acids is 1. The molecule has 1 aliphatic rings. The quantitative estimate of drug-likeness (QED) is 0.180. The fourth-order valence-corrected chi connectivity index (χ4v) is 7.08. The van der Waals surface area contributed by atoms with Gasteiger partial charge < -0.3 is 9.84 Å². The lowest BCUT2D eigenvalue weighted by Gasteiger charge is -2.42. The minimum atomic E-state index is -3.18. The summed E-state index contributed by atoms with van der Waals surface area (Å²) in [7, 11) is -3.18. The molecular formula is C32H48N2O5S. The number of likely N-dealkylation sites (tertiary alicyclic amines) is 1.